The van der Waals surface area contributed by atoms with E-state index in [2.05, 4.69) is 15.8 Å². The summed E-state index contributed by atoms with van der Waals surface area (Å²) >= 11 is 0. The number of hydrogen-bond acceptors (Lipinski definition) is 5. The summed E-state index contributed by atoms with van der Waals surface area (Å²) in [6.07, 6.45) is 0.307. The lowest BCUT2D eigenvalue weighted by molar-refractivity contribution is -0.120. The van der Waals surface area contributed by atoms with Gasteiger partial charge in [0.2, 0.25) is 11.8 Å². The van der Waals surface area contributed by atoms with Gasteiger partial charge < -0.3 is 14.8 Å². The first-order chi connectivity index (χ1) is 13.1. The number of amides is 2. The van der Waals surface area contributed by atoms with E-state index in [4.69, 9.17) is 9.47 Å². The van der Waals surface area contributed by atoms with E-state index in [1.165, 1.54) is 0 Å². The van der Waals surface area contributed by atoms with E-state index < -0.39 is 0 Å². The molecule has 0 fully saturated rings. The number of benzene rings is 2. The molecule has 0 bridgehead atoms. The zero-order valence-corrected chi connectivity index (χ0v) is 15.0. The molecule has 0 atom stereocenters. The fraction of sp³-hybridized carbons (Fsp3) is 0.250. The van der Waals surface area contributed by atoms with Crippen LogP contribution in [0, 0.1) is 0 Å². The number of carbonyl (C=O) groups is 2. The topological polar surface area (TPSA) is 89.0 Å². The van der Waals surface area contributed by atoms with Crippen LogP contribution in [0.3, 0.4) is 0 Å². The van der Waals surface area contributed by atoms with Gasteiger partial charge in [0.1, 0.15) is 13.2 Å². The van der Waals surface area contributed by atoms with Crippen LogP contribution in [0.5, 0.6) is 11.5 Å². The third kappa shape index (κ3) is 5.57. The lowest BCUT2D eigenvalue weighted by Gasteiger charge is -2.19. The molecule has 0 unspecified atom stereocenters. The van der Waals surface area contributed by atoms with Crippen LogP contribution in [-0.4, -0.2) is 30.7 Å². The number of nitrogens with zero attached hydrogens (tertiary/aromatic N) is 1. The lowest BCUT2D eigenvalue weighted by atomic mass is 10.1. The Morgan fingerprint density at radius 3 is 2.52 bits per heavy atom. The van der Waals surface area contributed by atoms with E-state index in [0.717, 1.165) is 5.56 Å². The predicted molar refractivity (Wildman–Crippen MR) is 102 cm³/mol. The minimum absolute atomic E-state index is 0.0695. The number of hydrazone groups is 1. The van der Waals surface area contributed by atoms with Crippen LogP contribution in [0.1, 0.15) is 18.9 Å². The quantitative estimate of drug-likeness (QED) is 0.606. The molecule has 2 N–H and O–H groups in total. The van der Waals surface area contributed by atoms with Gasteiger partial charge in [0.05, 0.1) is 12.8 Å². The van der Waals surface area contributed by atoms with Gasteiger partial charge in [-0.3, -0.25) is 9.59 Å². The Labute approximate surface area is 157 Å². The van der Waals surface area contributed by atoms with Crippen LogP contribution in [0.4, 0.5) is 5.69 Å². The highest BCUT2D eigenvalue weighted by molar-refractivity contribution is 6.05. The summed E-state index contributed by atoms with van der Waals surface area (Å²) in [6, 6.07) is 14.6. The molecule has 3 rings (SSSR count). The molecule has 140 valence electrons. The molecule has 7 heteroatoms. The molecule has 0 saturated carbocycles. The Kier molecular flexibility index (Phi) is 6.04. The molecular formula is C20H21N3O4. The van der Waals surface area contributed by atoms with Crippen molar-refractivity contribution in [3.63, 3.8) is 0 Å². The van der Waals surface area contributed by atoms with Crippen molar-refractivity contribution < 1.29 is 19.1 Å². The number of hydrogen-bond donors (Lipinski definition) is 2. The lowest BCUT2D eigenvalue weighted by Crippen LogP contribution is -2.23. The van der Waals surface area contributed by atoms with Crippen LogP contribution < -0.4 is 20.2 Å². The summed E-state index contributed by atoms with van der Waals surface area (Å²) in [5, 5.41) is 6.77. The molecule has 0 saturated heterocycles. The first-order valence-electron chi connectivity index (χ1n) is 8.65. The minimum Gasteiger partial charge on any atom is -0.486 e. The minimum atomic E-state index is -0.231. The number of rotatable bonds is 6. The first-order valence-corrected chi connectivity index (χ1v) is 8.65. The third-order valence-corrected chi connectivity index (χ3v) is 3.82. The van der Waals surface area contributed by atoms with Crippen LogP contribution in [0.2, 0.25) is 0 Å². The Bertz CT molecular complexity index is 850. The molecule has 2 aromatic carbocycles. The van der Waals surface area contributed by atoms with E-state index in [1.807, 2.05) is 30.3 Å². The third-order valence-electron chi connectivity index (χ3n) is 3.82. The van der Waals surface area contributed by atoms with Gasteiger partial charge in [-0.1, -0.05) is 30.3 Å². The summed E-state index contributed by atoms with van der Waals surface area (Å²) in [4.78, 5) is 24.0. The molecule has 1 aliphatic heterocycles. The van der Waals surface area contributed by atoms with Crippen molar-refractivity contribution in [2.75, 3.05) is 18.5 Å². The second-order valence-electron chi connectivity index (χ2n) is 6.13. The zero-order chi connectivity index (χ0) is 19.1. The second-order valence-corrected chi connectivity index (χ2v) is 6.13. The maximum atomic E-state index is 12.1. The van der Waals surface area contributed by atoms with E-state index in [-0.39, 0.29) is 24.7 Å². The number of ether oxygens (including phenoxy) is 2. The van der Waals surface area contributed by atoms with Crippen molar-refractivity contribution in [1.82, 2.24) is 5.43 Å². The molecule has 0 aliphatic carbocycles. The molecule has 2 aromatic rings. The number of carbonyl (C=O) groups excluding carboxylic acids is 2. The highest BCUT2D eigenvalue weighted by atomic mass is 16.6. The number of nitrogens with one attached hydrogen (secondary N) is 2. The highest BCUT2D eigenvalue weighted by Gasteiger charge is 2.13. The average Bonchev–Trinajstić information content (AvgIpc) is 2.67. The van der Waals surface area contributed by atoms with Gasteiger partial charge in [0.25, 0.3) is 0 Å². The van der Waals surface area contributed by atoms with Gasteiger partial charge in [-0.25, -0.2) is 5.43 Å². The van der Waals surface area contributed by atoms with Gasteiger partial charge in [-0.15, -0.1) is 0 Å². The Morgan fingerprint density at radius 1 is 1.00 bits per heavy atom. The normalized spacial score (nSPS) is 13.0. The van der Waals surface area contributed by atoms with Gasteiger partial charge in [-0.2, -0.15) is 5.10 Å². The van der Waals surface area contributed by atoms with Crippen LogP contribution in [0.15, 0.2) is 53.6 Å². The summed E-state index contributed by atoms with van der Waals surface area (Å²) in [7, 11) is 0. The molecule has 0 radical (unpaired) electrons. The number of fused-ring (bicyclic) bond motifs is 1. The standard InChI is InChI=1S/C20H21N3O4/c1-14(22-23-20(25)12-15-5-3-2-4-6-15)11-19(24)21-16-7-8-17-18(13-16)27-10-9-26-17/h2-8,13H,9-12H2,1H3,(H,21,24)(H,23,25)/b22-14-. The summed E-state index contributed by atoms with van der Waals surface area (Å²) < 4.78 is 10.9. The smallest absolute Gasteiger partial charge is 0.244 e. The van der Waals surface area contributed by atoms with Crippen molar-refractivity contribution in [3.05, 3.63) is 54.1 Å². The summed E-state index contributed by atoms with van der Waals surface area (Å²) in [5.41, 5.74) is 4.50. The number of anilines is 1. The van der Waals surface area contributed by atoms with Crippen molar-refractivity contribution in [2.24, 2.45) is 5.10 Å². The molecule has 0 aromatic heterocycles. The largest absolute Gasteiger partial charge is 0.486 e. The van der Waals surface area contributed by atoms with E-state index in [1.54, 1.807) is 25.1 Å². The Balaban J connectivity index is 1.48. The van der Waals surface area contributed by atoms with Crippen LogP contribution in [0.25, 0.3) is 0 Å². The molecular weight excluding hydrogens is 346 g/mol. The fourth-order valence-electron chi connectivity index (χ4n) is 2.58. The maximum Gasteiger partial charge on any atom is 0.244 e. The van der Waals surface area contributed by atoms with Crippen LogP contribution >= 0.6 is 0 Å². The molecule has 7 nitrogen and oxygen atoms in total. The molecule has 1 heterocycles. The highest BCUT2D eigenvalue weighted by Crippen LogP contribution is 2.32. The van der Waals surface area contributed by atoms with E-state index in [0.29, 0.717) is 36.1 Å². The summed E-state index contributed by atoms with van der Waals surface area (Å²) in [5.74, 6) is 0.814. The Morgan fingerprint density at radius 2 is 1.74 bits per heavy atom. The SMILES string of the molecule is C/C(CC(=O)Nc1ccc2c(c1)OCCO2)=N/NC(=O)Cc1ccccc1. The predicted octanol–water partition coefficient (Wildman–Crippen LogP) is 2.52. The summed E-state index contributed by atoms with van der Waals surface area (Å²) in [6.45, 7) is 2.69. The first kappa shape index (κ1) is 18.4. The molecule has 27 heavy (non-hydrogen) atoms. The Hall–Kier alpha value is -3.35. The van der Waals surface area contributed by atoms with Gasteiger partial charge in [-0.05, 0) is 24.6 Å². The van der Waals surface area contributed by atoms with Crippen molar-refractivity contribution in [1.29, 1.82) is 0 Å². The van der Waals surface area contributed by atoms with E-state index >= 15 is 0 Å². The van der Waals surface area contributed by atoms with Gasteiger partial charge >= 0.3 is 0 Å². The maximum absolute atomic E-state index is 12.1. The zero-order valence-electron chi connectivity index (χ0n) is 15.0. The molecule has 0 spiro atoms. The molecule has 2 amide bonds. The van der Waals surface area contributed by atoms with Gasteiger partial charge in [0, 0.05) is 17.5 Å². The second kappa shape index (κ2) is 8.84. The van der Waals surface area contributed by atoms with Gasteiger partial charge in [0.15, 0.2) is 11.5 Å². The fourth-order valence-corrected chi connectivity index (χ4v) is 2.58. The van der Waals surface area contributed by atoms with Crippen molar-refractivity contribution in [2.45, 2.75) is 19.8 Å². The van der Waals surface area contributed by atoms with E-state index in [9.17, 15) is 9.59 Å². The van der Waals surface area contributed by atoms with Crippen LogP contribution in [-0.2, 0) is 16.0 Å². The molecule has 1 aliphatic rings. The average molecular weight is 367 g/mol. The van der Waals surface area contributed by atoms with Crippen molar-refractivity contribution >= 4 is 23.2 Å². The van der Waals surface area contributed by atoms with Crippen molar-refractivity contribution in [3.8, 4) is 11.5 Å². The monoisotopic (exact) mass is 367 g/mol.